The Kier molecular flexibility index (Phi) is 60.2. The largest absolute Gasteiger partial charge is 0.477 e. The van der Waals surface area contributed by atoms with Gasteiger partial charge in [0.1, 0.15) is 18.0 Å². The maximum absolute atomic E-state index is 10.2. The molecule has 6 rings (SSSR count). The zero-order valence-corrected chi connectivity index (χ0v) is 40.8. The van der Waals surface area contributed by atoms with E-state index >= 15 is 0 Å². The van der Waals surface area contributed by atoms with Gasteiger partial charge in [-0.05, 0) is 34.6 Å². The number of H-pyrrole nitrogens is 9. The minimum atomic E-state index is -0.252. The maximum Gasteiger partial charge on any atom is 0.340 e. The second-order valence-corrected chi connectivity index (χ2v) is 7.25. The van der Waals surface area contributed by atoms with Gasteiger partial charge in [0, 0.05) is 143 Å². The molecule has 0 bridgehead atoms. The SMILES string of the molecule is Cc1[c-][nH]c(=O)[nH]1.Cc1[c-]n[nH]n1.Cc1[c-]nc[nH]1.Cc1c[nH]c(=O)[nH]1.Cc1n[nH]c(=O)[nH]1.Cc1ncn[nH]1.[CH3-].[CH3-].[CH3-].[CH3-].[CH3-].[Y].[Y].[Y].[Y]. The van der Waals surface area contributed by atoms with E-state index in [0.29, 0.717) is 5.82 Å². The van der Waals surface area contributed by atoms with Gasteiger partial charge in [0.2, 0.25) is 0 Å². The van der Waals surface area contributed by atoms with Crippen molar-refractivity contribution in [1.82, 2.24) is 75.7 Å². The molecule has 0 aliphatic heterocycles. The van der Waals surface area contributed by atoms with Crippen LogP contribution < -0.4 is 17.1 Å². The molecule has 6 aromatic heterocycles. The van der Waals surface area contributed by atoms with Crippen molar-refractivity contribution < 1.29 is 131 Å². The molecule has 9 N–H and O–H groups in total. The molecule has 22 heteroatoms. The van der Waals surface area contributed by atoms with E-state index in [2.05, 4.69) is 94.3 Å². The van der Waals surface area contributed by atoms with Gasteiger partial charge in [-0.2, -0.15) is 16.4 Å². The molecule has 0 saturated heterocycles. The van der Waals surface area contributed by atoms with Gasteiger partial charge >= 0.3 is 11.4 Å². The van der Waals surface area contributed by atoms with E-state index in [9.17, 15) is 14.4 Å². The minimum absolute atomic E-state index is 0. The van der Waals surface area contributed by atoms with Crippen molar-refractivity contribution in [2.24, 2.45) is 0 Å². The van der Waals surface area contributed by atoms with Crippen LogP contribution in [0.25, 0.3) is 0 Å². The number of rotatable bonds is 0. The van der Waals surface area contributed by atoms with Gasteiger partial charge in [0.15, 0.2) is 5.69 Å². The summed E-state index contributed by atoms with van der Waals surface area (Å²) in [6, 6.07) is 0. The molecule has 262 valence electrons. The molecule has 0 fully saturated rings. The molecule has 0 unspecified atom stereocenters. The van der Waals surface area contributed by atoms with Crippen LogP contribution >= 0.6 is 0 Å². The normalized spacial score (nSPS) is 7.38. The Bertz CT molecular complexity index is 1370. The van der Waals surface area contributed by atoms with Crippen LogP contribution in [-0.2, 0) is 131 Å². The summed E-state index contributed by atoms with van der Waals surface area (Å²) in [5.74, 6) is 1.47. The quantitative estimate of drug-likeness (QED) is 0.101. The third kappa shape index (κ3) is 39.3. The van der Waals surface area contributed by atoms with Gasteiger partial charge in [0.25, 0.3) is 0 Å². The van der Waals surface area contributed by atoms with Crippen LogP contribution in [0.2, 0.25) is 0 Å². The number of imidazole rings is 3. The van der Waals surface area contributed by atoms with Crippen molar-refractivity contribution in [2.75, 3.05) is 0 Å². The summed E-state index contributed by atoms with van der Waals surface area (Å²) in [5, 5.41) is 21.4. The number of aryl methyl sites for hydroxylation is 6. The molecule has 0 aliphatic rings. The molecule has 4 radical (unpaired) electrons. The molecular formula is C26H45N15O3Y4-8. The van der Waals surface area contributed by atoms with Gasteiger partial charge in [-0.1, -0.05) is 24.6 Å². The van der Waals surface area contributed by atoms with Crippen LogP contribution in [0.3, 0.4) is 0 Å². The Morgan fingerprint density at radius 2 is 1.27 bits per heavy atom. The summed E-state index contributed by atoms with van der Waals surface area (Å²) in [6.45, 7) is 10.9. The van der Waals surface area contributed by atoms with Crippen molar-refractivity contribution in [1.29, 1.82) is 0 Å². The molecule has 18 nitrogen and oxygen atoms in total. The van der Waals surface area contributed by atoms with Crippen LogP contribution in [-0.4, -0.2) is 75.7 Å². The first-order valence-electron chi connectivity index (χ1n) is 11.0. The van der Waals surface area contributed by atoms with E-state index < -0.39 is 0 Å². The summed E-state index contributed by atoms with van der Waals surface area (Å²) in [4.78, 5) is 52.9. The van der Waals surface area contributed by atoms with Gasteiger partial charge in [-0.15, -0.1) is 11.9 Å². The monoisotopic (exact) mass is 971 g/mol. The number of aromatic amines is 9. The topological polar surface area (TPSA) is 271 Å². The van der Waals surface area contributed by atoms with Crippen LogP contribution in [0, 0.1) is 97.3 Å². The molecular weight excluding hydrogens is 926 g/mol. The standard InChI is InChI=1S/C4H6N2O.C4H5N2O.C4H5N2.C3H5N3O.C3H5N3.C3H4N3.5CH3.4Y/c2*1-3-2-5-4(7)6-3;1-4-2-5-3-6-4;1-2-4-3(7)6-5-2;1-3-4-2-5-6-3;1-3-2-4-6-5-3;;;;;;;;;/h2H,1H3,(H2,5,6,7);1H3,(H2,5,6,7);3H,1H3,(H,5,6);1H3,(H2,4,5,6,7);2H,1H3,(H,4,5,6);1H3,(H,4,5,6);5*1H3;;;;/q;2*-1;;;6*-1;;;;. The van der Waals surface area contributed by atoms with Crippen molar-refractivity contribution >= 4 is 0 Å². The predicted octanol–water partition coefficient (Wildman–Crippen LogP) is 2.02. The van der Waals surface area contributed by atoms with E-state index in [1.165, 1.54) is 6.33 Å². The Morgan fingerprint density at radius 3 is 1.40 bits per heavy atom. The van der Waals surface area contributed by atoms with Crippen molar-refractivity contribution in [3.63, 3.8) is 0 Å². The average Bonchev–Trinajstić information content (AvgIpc) is 3.71. The summed E-state index contributed by atoms with van der Waals surface area (Å²) in [5.41, 5.74) is 2.80. The van der Waals surface area contributed by atoms with Gasteiger partial charge in [0.05, 0.1) is 0 Å². The molecule has 0 aliphatic carbocycles. The number of nitrogens with one attached hydrogen (secondary N) is 9. The predicted molar refractivity (Wildman–Crippen MR) is 170 cm³/mol. The number of nitrogens with zero attached hydrogens (tertiary/aromatic N) is 6. The zero-order valence-electron chi connectivity index (χ0n) is 29.4. The Labute approximate surface area is 383 Å². The van der Waals surface area contributed by atoms with Gasteiger partial charge < -0.3 is 83.1 Å². The third-order valence-electron chi connectivity index (χ3n) is 3.61. The fourth-order valence-corrected chi connectivity index (χ4v) is 1.95. The fourth-order valence-electron chi connectivity index (χ4n) is 1.95. The third-order valence-corrected chi connectivity index (χ3v) is 3.61. The molecule has 0 amide bonds. The smallest absolute Gasteiger partial charge is 0.340 e. The molecule has 6 heterocycles. The van der Waals surface area contributed by atoms with E-state index in [1.54, 1.807) is 26.4 Å². The summed E-state index contributed by atoms with van der Waals surface area (Å²) in [7, 11) is 0. The summed E-state index contributed by atoms with van der Waals surface area (Å²) in [6.07, 6.45) is 12.6. The molecule has 0 spiro atoms. The first-order valence-corrected chi connectivity index (χ1v) is 11.0. The second-order valence-electron chi connectivity index (χ2n) is 7.25. The number of hydrogen-bond donors (Lipinski definition) is 9. The van der Waals surface area contributed by atoms with Crippen molar-refractivity contribution in [2.45, 2.75) is 41.5 Å². The van der Waals surface area contributed by atoms with Crippen molar-refractivity contribution in [3.05, 3.63) is 140 Å². The van der Waals surface area contributed by atoms with Crippen LogP contribution in [0.4, 0.5) is 0 Å². The molecule has 48 heavy (non-hydrogen) atoms. The number of hydrogen-bond acceptors (Lipinski definition) is 9. The van der Waals surface area contributed by atoms with E-state index in [1.807, 2.05) is 27.7 Å². The van der Waals surface area contributed by atoms with E-state index in [4.69, 9.17) is 0 Å². The Balaban J connectivity index is -0.0000000524. The molecule has 0 aromatic carbocycles. The Morgan fingerprint density at radius 1 is 0.646 bits per heavy atom. The minimum Gasteiger partial charge on any atom is -0.477 e. The van der Waals surface area contributed by atoms with Crippen LogP contribution in [0.1, 0.15) is 34.4 Å². The van der Waals surface area contributed by atoms with Crippen molar-refractivity contribution in [3.8, 4) is 0 Å². The van der Waals surface area contributed by atoms with Gasteiger partial charge in [-0.3, -0.25) is 10.1 Å². The van der Waals surface area contributed by atoms with Gasteiger partial charge in [-0.25, -0.2) is 30.0 Å². The molecule has 0 atom stereocenters. The fraction of sp³-hybridized carbons (Fsp3) is 0.231. The van der Waals surface area contributed by atoms with E-state index in [0.717, 1.165) is 28.6 Å². The zero-order chi connectivity index (χ0) is 29.0. The summed E-state index contributed by atoms with van der Waals surface area (Å²) < 4.78 is 0. The Hall–Kier alpha value is -1.13. The van der Waals surface area contributed by atoms with Crippen LogP contribution in [0.15, 0.2) is 33.2 Å². The van der Waals surface area contributed by atoms with E-state index in [-0.39, 0.29) is 185 Å². The first-order chi connectivity index (χ1) is 18.5. The average molecular weight is 971 g/mol. The molecule has 6 aromatic rings. The van der Waals surface area contributed by atoms with Crippen LogP contribution in [0.5, 0.6) is 0 Å². The first kappa shape index (κ1) is 68.8. The summed E-state index contributed by atoms with van der Waals surface area (Å²) >= 11 is 0. The number of aromatic nitrogens is 15. The second kappa shape index (κ2) is 42.0. The maximum atomic E-state index is 10.2. The molecule has 0 saturated carbocycles.